The largest absolute Gasteiger partial charge is 0.497 e. The molecule has 0 saturated heterocycles. The molecule has 2 aromatic rings. The fourth-order valence-corrected chi connectivity index (χ4v) is 3.87. The lowest BCUT2D eigenvalue weighted by molar-refractivity contribution is 0.415. The second-order valence-corrected chi connectivity index (χ2v) is 6.95. The van der Waals surface area contributed by atoms with Crippen molar-refractivity contribution in [2.45, 2.75) is 0 Å². The minimum absolute atomic E-state index is 0.735. The number of methoxy groups -OCH3 is 2. The van der Waals surface area contributed by atoms with E-state index in [1.807, 2.05) is 24.3 Å². The van der Waals surface area contributed by atoms with E-state index < -0.39 is 7.14 Å². The summed E-state index contributed by atoms with van der Waals surface area (Å²) < 4.78 is 23.4. The molecule has 0 fully saturated rings. The highest BCUT2D eigenvalue weighted by molar-refractivity contribution is 7.81. The van der Waals surface area contributed by atoms with Crippen molar-refractivity contribution < 1.29 is 14.0 Å². The van der Waals surface area contributed by atoms with Crippen LogP contribution in [0.2, 0.25) is 0 Å². The lowest BCUT2D eigenvalue weighted by Gasteiger charge is -2.15. The van der Waals surface area contributed by atoms with Crippen LogP contribution in [0.4, 0.5) is 0 Å². The number of ether oxygens (including phenoxy) is 2. The summed E-state index contributed by atoms with van der Waals surface area (Å²) in [4.78, 5) is 0. The Kier molecular flexibility index (Phi) is 4.31. The minimum Gasteiger partial charge on any atom is -0.497 e. The van der Waals surface area contributed by atoms with Gasteiger partial charge in [-0.3, -0.25) is 0 Å². The van der Waals surface area contributed by atoms with Crippen molar-refractivity contribution in [3.63, 3.8) is 0 Å². The van der Waals surface area contributed by atoms with Crippen LogP contribution in [0, 0.1) is 0 Å². The molecule has 104 valence electrons. The summed E-state index contributed by atoms with van der Waals surface area (Å²) in [7, 11) is 0.393. The average molecular weight is 288 g/mol. The molecule has 0 aromatic heterocycles. The van der Waals surface area contributed by atoms with Crippen LogP contribution in [0.3, 0.4) is 0 Å². The predicted octanol–water partition coefficient (Wildman–Crippen LogP) is 3.16. The summed E-state index contributed by atoms with van der Waals surface area (Å²) in [5.74, 6) is 2.99. The summed E-state index contributed by atoms with van der Waals surface area (Å²) in [6.45, 7) is 3.75. The van der Waals surface area contributed by atoms with E-state index in [0.717, 1.165) is 22.1 Å². The molecule has 0 radical (unpaired) electrons. The molecular weight excluding hydrogens is 271 g/mol. The third-order valence-electron chi connectivity index (χ3n) is 3.17. The van der Waals surface area contributed by atoms with E-state index in [2.05, 4.69) is 6.58 Å². The highest BCUT2D eigenvalue weighted by Crippen LogP contribution is 2.44. The zero-order valence-corrected chi connectivity index (χ0v) is 12.5. The Labute approximate surface area is 119 Å². The van der Waals surface area contributed by atoms with Crippen LogP contribution in [0.25, 0.3) is 0 Å². The molecule has 0 spiro atoms. The first-order chi connectivity index (χ1) is 9.63. The van der Waals surface area contributed by atoms with E-state index in [-0.39, 0.29) is 0 Å². The molecule has 0 amide bonds. The number of benzene rings is 2. The van der Waals surface area contributed by atoms with Gasteiger partial charge in [-0.15, -0.1) is 0 Å². The van der Waals surface area contributed by atoms with Gasteiger partial charge in [0.1, 0.15) is 11.5 Å². The molecule has 0 heterocycles. The van der Waals surface area contributed by atoms with Gasteiger partial charge in [0.2, 0.25) is 0 Å². The molecule has 0 bridgehead atoms. The summed E-state index contributed by atoms with van der Waals surface area (Å²) >= 11 is 0. The van der Waals surface area contributed by atoms with Gasteiger partial charge in [-0.1, -0.05) is 6.58 Å². The fourth-order valence-electron chi connectivity index (χ4n) is 1.97. The van der Waals surface area contributed by atoms with Crippen molar-refractivity contribution in [3.05, 3.63) is 60.9 Å². The number of hydrogen-bond donors (Lipinski definition) is 0. The van der Waals surface area contributed by atoms with Gasteiger partial charge in [-0.05, 0) is 54.3 Å². The van der Waals surface area contributed by atoms with Gasteiger partial charge in [-0.25, -0.2) is 0 Å². The molecule has 0 atom stereocenters. The van der Waals surface area contributed by atoms with Crippen molar-refractivity contribution in [2.24, 2.45) is 0 Å². The molecule has 20 heavy (non-hydrogen) atoms. The Morgan fingerprint density at radius 2 is 1.20 bits per heavy atom. The molecule has 4 heteroatoms. The second kappa shape index (κ2) is 5.98. The van der Waals surface area contributed by atoms with Gasteiger partial charge in [0, 0.05) is 10.6 Å². The van der Waals surface area contributed by atoms with Crippen LogP contribution in [0.5, 0.6) is 11.5 Å². The SMILES string of the molecule is C=CP(=O)(c1ccc(OC)cc1)c1ccc(OC)cc1. The summed E-state index contributed by atoms with van der Waals surface area (Å²) in [5, 5.41) is 1.47. The molecule has 2 rings (SSSR count). The summed E-state index contributed by atoms with van der Waals surface area (Å²) in [6.07, 6.45) is 0. The van der Waals surface area contributed by atoms with Crippen molar-refractivity contribution in [1.29, 1.82) is 0 Å². The normalized spacial score (nSPS) is 10.9. The van der Waals surface area contributed by atoms with Crippen LogP contribution in [-0.2, 0) is 4.57 Å². The Balaban J connectivity index is 2.45. The van der Waals surface area contributed by atoms with Crippen molar-refractivity contribution in [1.82, 2.24) is 0 Å². The Bertz CT molecular complexity index is 578. The Hall–Kier alpha value is -1.99. The van der Waals surface area contributed by atoms with Crippen LogP contribution in [0.15, 0.2) is 60.9 Å². The van der Waals surface area contributed by atoms with E-state index in [4.69, 9.17) is 9.47 Å². The highest BCUT2D eigenvalue weighted by Gasteiger charge is 2.23. The van der Waals surface area contributed by atoms with E-state index in [9.17, 15) is 4.57 Å². The fraction of sp³-hybridized carbons (Fsp3) is 0.125. The molecule has 3 nitrogen and oxygen atoms in total. The van der Waals surface area contributed by atoms with Crippen LogP contribution in [0.1, 0.15) is 0 Å². The first-order valence-electron chi connectivity index (χ1n) is 6.16. The summed E-state index contributed by atoms with van der Waals surface area (Å²) in [5.41, 5.74) is 0. The third-order valence-corrected chi connectivity index (χ3v) is 5.81. The Morgan fingerprint density at radius 3 is 1.45 bits per heavy atom. The molecular formula is C16H17O3P. The second-order valence-electron chi connectivity index (χ2n) is 4.24. The Morgan fingerprint density at radius 1 is 0.850 bits per heavy atom. The topological polar surface area (TPSA) is 35.5 Å². The van der Waals surface area contributed by atoms with Crippen LogP contribution in [-0.4, -0.2) is 14.2 Å². The van der Waals surface area contributed by atoms with Gasteiger partial charge in [0.25, 0.3) is 0 Å². The minimum atomic E-state index is -2.81. The molecule has 2 aromatic carbocycles. The molecule has 0 aliphatic carbocycles. The predicted molar refractivity (Wildman–Crippen MR) is 83.1 cm³/mol. The lowest BCUT2D eigenvalue weighted by Crippen LogP contribution is -2.14. The van der Waals surface area contributed by atoms with Crippen molar-refractivity contribution in [2.75, 3.05) is 14.2 Å². The van der Waals surface area contributed by atoms with Crippen molar-refractivity contribution >= 4 is 17.8 Å². The van der Waals surface area contributed by atoms with E-state index in [0.29, 0.717) is 0 Å². The zero-order valence-electron chi connectivity index (χ0n) is 11.6. The van der Waals surface area contributed by atoms with Crippen LogP contribution < -0.4 is 20.1 Å². The quantitative estimate of drug-likeness (QED) is 0.793. The van der Waals surface area contributed by atoms with Gasteiger partial charge in [0.05, 0.1) is 14.2 Å². The van der Waals surface area contributed by atoms with Crippen LogP contribution >= 0.6 is 7.14 Å². The standard InChI is InChI=1S/C16H17O3P/c1-4-20(17,15-9-5-13(18-2)6-10-15)16-11-7-14(19-3)8-12-16/h4-12H,1H2,2-3H3. The van der Waals surface area contributed by atoms with Gasteiger partial charge < -0.3 is 14.0 Å². The first kappa shape index (κ1) is 14.4. The molecule has 0 unspecified atom stereocenters. The zero-order chi connectivity index (χ0) is 14.6. The van der Waals surface area contributed by atoms with E-state index in [1.165, 1.54) is 5.82 Å². The maximum Gasteiger partial charge on any atom is 0.163 e. The first-order valence-corrected chi connectivity index (χ1v) is 7.94. The summed E-state index contributed by atoms with van der Waals surface area (Å²) in [6, 6.07) is 14.4. The molecule has 0 saturated carbocycles. The van der Waals surface area contributed by atoms with Crippen molar-refractivity contribution in [3.8, 4) is 11.5 Å². The van der Waals surface area contributed by atoms with Gasteiger partial charge >= 0.3 is 0 Å². The van der Waals surface area contributed by atoms with Gasteiger partial charge in [0.15, 0.2) is 7.14 Å². The number of hydrogen-bond acceptors (Lipinski definition) is 3. The maximum atomic E-state index is 13.2. The smallest absolute Gasteiger partial charge is 0.163 e. The monoisotopic (exact) mass is 288 g/mol. The number of rotatable bonds is 5. The van der Waals surface area contributed by atoms with E-state index in [1.54, 1.807) is 38.5 Å². The third kappa shape index (κ3) is 2.63. The lowest BCUT2D eigenvalue weighted by atomic mass is 10.3. The maximum absolute atomic E-state index is 13.2. The molecule has 0 N–H and O–H groups in total. The average Bonchev–Trinajstić information content (AvgIpc) is 2.54. The molecule has 0 aliphatic heterocycles. The highest BCUT2D eigenvalue weighted by atomic mass is 31.2. The van der Waals surface area contributed by atoms with Gasteiger partial charge in [-0.2, -0.15) is 0 Å². The molecule has 0 aliphatic rings. The van der Waals surface area contributed by atoms with E-state index >= 15 is 0 Å².